The van der Waals surface area contributed by atoms with Crippen LogP contribution in [0.2, 0.25) is 5.02 Å². The zero-order chi connectivity index (χ0) is 15.5. The van der Waals surface area contributed by atoms with E-state index in [1.165, 1.54) is 5.56 Å². The fourth-order valence-electron chi connectivity index (χ4n) is 3.63. The largest absolute Gasteiger partial charge is 0.480 e. The summed E-state index contributed by atoms with van der Waals surface area (Å²) in [5.74, 6) is -0.662. The SMILES string of the molecule is CCCC1(C(=O)O)CCCN1C(C)Cc1ccc(Cl)cc1. The van der Waals surface area contributed by atoms with E-state index >= 15 is 0 Å². The summed E-state index contributed by atoms with van der Waals surface area (Å²) < 4.78 is 0. The number of carboxylic acids is 1. The Morgan fingerprint density at radius 3 is 2.67 bits per heavy atom. The molecule has 0 aliphatic carbocycles. The third-order valence-electron chi connectivity index (χ3n) is 4.58. The lowest BCUT2D eigenvalue weighted by Crippen LogP contribution is -2.54. The van der Waals surface area contributed by atoms with Crippen LogP contribution in [0.4, 0.5) is 0 Å². The van der Waals surface area contributed by atoms with Gasteiger partial charge in [-0.15, -0.1) is 0 Å². The molecule has 0 spiro atoms. The van der Waals surface area contributed by atoms with E-state index in [9.17, 15) is 9.90 Å². The van der Waals surface area contributed by atoms with Gasteiger partial charge < -0.3 is 5.11 Å². The highest BCUT2D eigenvalue weighted by molar-refractivity contribution is 6.30. The first-order chi connectivity index (χ1) is 9.99. The summed E-state index contributed by atoms with van der Waals surface area (Å²) in [7, 11) is 0. The maximum Gasteiger partial charge on any atom is 0.324 e. The standard InChI is InChI=1S/C17H24ClNO2/c1-3-9-17(16(20)21)10-4-11-19(17)13(2)12-14-5-7-15(18)8-6-14/h5-8,13H,3-4,9-12H2,1-2H3,(H,20,21). The Morgan fingerprint density at radius 1 is 1.43 bits per heavy atom. The summed E-state index contributed by atoms with van der Waals surface area (Å²) >= 11 is 5.92. The summed E-state index contributed by atoms with van der Waals surface area (Å²) in [5.41, 5.74) is 0.537. The van der Waals surface area contributed by atoms with Crippen LogP contribution in [0.25, 0.3) is 0 Å². The van der Waals surface area contributed by atoms with Gasteiger partial charge in [0, 0.05) is 11.1 Å². The van der Waals surface area contributed by atoms with E-state index in [4.69, 9.17) is 11.6 Å². The molecule has 1 aromatic carbocycles. The van der Waals surface area contributed by atoms with Crippen molar-refractivity contribution in [1.82, 2.24) is 4.90 Å². The van der Waals surface area contributed by atoms with E-state index in [1.54, 1.807) is 0 Å². The molecule has 0 amide bonds. The van der Waals surface area contributed by atoms with Crippen molar-refractivity contribution in [2.24, 2.45) is 0 Å². The number of aliphatic carboxylic acids is 1. The summed E-state index contributed by atoms with van der Waals surface area (Å²) in [6.45, 7) is 5.07. The Bertz CT molecular complexity index is 488. The van der Waals surface area contributed by atoms with Crippen molar-refractivity contribution in [3.05, 3.63) is 34.9 Å². The molecule has 2 rings (SSSR count). The van der Waals surface area contributed by atoms with E-state index in [2.05, 4.69) is 18.7 Å². The Morgan fingerprint density at radius 2 is 2.10 bits per heavy atom. The molecule has 0 radical (unpaired) electrons. The van der Waals surface area contributed by atoms with Gasteiger partial charge >= 0.3 is 5.97 Å². The summed E-state index contributed by atoms with van der Waals surface area (Å²) in [6.07, 6.45) is 4.22. The number of hydrogen-bond acceptors (Lipinski definition) is 2. The van der Waals surface area contributed by atoms with Crippen LogP contribution < -0.4 is 0 Å². The zero-order valence-corrected chi connectivity index (χ0v) is 13.6. The van der Waals surface area contributed by atoms with Crippen molar-refractivity contribution in [1.29, 1.82) is 0 Å². The number of carbonyl (C=O) groups is 1. The second-order valence-electron chi connectivity index (χ2n) is 6.06. The lowest BCUT2D eigenvalue weighted by atomic mass is 9.89. The first-order valence-electron chi connectivity index (χ1n) is 7.74. The predicted molar refractivity (Wildman–Crippen MR) is 85.8 cm³/mol. The van der Waals surface area contributed by atoms with Crippen molar-refractivity contribution >= 4 is 17.6 Å². The predicted octanol–water partition coefficient (Wildman–Crippen LogP) is 3.99. The number of hydrogen-bond donors (Lipinski definition) is 1. The number of carboxylic acid groups (broad SMARTS) is 1. The van der Waals surface area contributed by atoms with Gasteiger partial charge in [-0.2, -0.15) is 0 Å². The normalized spacial score (nSPS) is 24.1. The minimum absolute atomic E-state index is 0.219. The van der Waals surface area contributed by atoms with E-state index in [0.717, 1.165) is 43.7 Å². The number of halogens is 1. The number of nitrogens with zero attached hydrogens (tertiary/aromatic N) is 1. The smallest absolute Gasteiger partial charge is 0.324 e. The molecule has 1 fully saturated rings. The fourth-order valence-corrected chi connectivity index (χ4v) is 3.76. The molecule has 0 bridgehead atoms. The maximum atomic E-state index is 11.9. The molecule has 1 aliphatic rings. The van der Waals surface area contributed by atoms with Crippen LogP contribution in [-0.2, 0) is 11.2 Å². The molecule has 21 heavy (non-hydrogen) atoms. The summed E-state index contributed by atoms with van der Waals surface area (Å²) in [4.78, 5) is 14.1. The molecular weight excluding hydrogens is 286 g/mol. The van der Waals surface area contributed by atoms with Gasteiger partial charge in [0.05, 0.1) is 0 Å². The van der Waals surface area contributed by atoms with Crippen LogP contribution >= 0.6 is 11.6 Å². The minimum Gasteiger partial charge on any atom is -0.480 e. The van der Waals surface area contributed by atoms with Crippen LogP contribution in [0.1, 0.15) is 45.1 Å². The molecule has 1 aliphatic heterocycles. The minimum atomic E-state index is -0.666. The number of rotatable bonds is 6. The van der Waals surface area contributed by atoms with E-state index in [1.807, 2.05) is 24.3 Å². The molecule has 1 saturated heterocycles. The van der Waals surface area contributed by atoms with Crippen LogP contribution in [-0.4, -0.2) is 34.1 Å². The highest BCUT2D eigenvalue weighted by atomic mass is 35.5. The monoisotopic (exact) mass is 309 g/mol. The average molecular weight is 310 g/mol. The first-order valence-corrected chi connectivity index (χ1v) is 8.12. The number of likely N-dealkylation sites (tertiary alicyclic amines) is 1. The van der Waals surface area contributed by atoms with Gasteiger partial charge in [0.15, 0.2) is 0 Å². The van der Waals surface area contributed by atoms with Gasteiger partial charge in [-0.1, -0.05) is 37.1 Å². The molecule has 3 nitrogen and oxygen atoms in total. The topological polar surface area (TPSA) is 40.5 Å². The van der Waals surface area contributed by atoms with E-state index in [0.29, 0.717) is 0 Å². The van der Waals surface area contributed by atoms with E-state index < -0.39 is 11.5 Å². The second-order valence-corrected chi connectivity index (χ2v) is 6.50. The van der Waals surface area contributed by atoms with Crippen LogP contribution in [0, 0.1) is 0 Å². The van der Waals surface area contributed by atoms with Crippen LogP contribution in [0.15, 0.2) is 24.3 Å². The molecular formula is C17H24ClNO2. The van der Waals surface area contributed by atoms with Crippen LogP contribution in [0.3, 0.4) is 0 Å². The molecule has 1 aromatic rings. The molecule has 116 valence electrons. The molecule has 0 aromatic heterocycles. The Balaban J connectivity index is 2.14. The van der Waals surface area contributed by atoms with Gasteiger partial charge in [-0.3, -0.25) is 9.69 Å². The highest BCUT2D eigenvalue weighted by Crippen LogP contribution is 2.36. The van der Waals surface area contributed by atoms with Crippen molar-refractivity contribution in [3.63, 3.8) is 0 Å². The lowest BCUT2D eigenvalue weighted by Gasteiger charge is -2.39. The Labute approximate surface area is 131 Å². The lowest BCUT2D eigenvalue weighted by molar-refractivity contribution is -0.151. The Kier molecular flexibility index (Phi) is 5.28. The molecule has 2 atom stereocenters. The quantitative estimate of drug-likeness (QED) is 0.863. The first kappa shape index (κ1) is 16.3. The van der Waals surface area contributed by atoms with Gasteiger partial charge in [-0.25, -0.2) is 0 Å². The van der Waals surface area contributed by atoms with Crippen molar-refractivity contribution in [3.8, 4) is 0 Å². The summed E-state index contributed by atoms with van der Waals surface area (Å²) in [5, 5.41) is 10.5. The van der Waals surface area contributed by atoms with Gasteiger partial charge in [0.25, 0.3) is 0 Å². The van der Waals surface area contributed by atoms with Crippen molar-refractivity contribution in [2.75, 3.05) is 6.54 Å². The Hall–Kier alpha value is -1.06. The number of benzene rings is 1. The molecule has 1 N–H and O–H groups in total. The molecule has 1 heterocycles. The molecule has 4 heteroatoms. The average Bonchev–Trinajstić information content (AvgIpc) is 2.87. The highest BCUT2D eigenvalue weighted by Gasteiger charge is 2.48. The van der Waals surface area contributed by atoms with Gasteiger partial charge in [0.2, 0.25) is 0 Å². The maximum absolute atomic E-state index is 11.9. The third kappa shape index (κ3) is 3.41. The van der Waals surface area contributed by atoms with Crippen molar-refractivity contribution < 1.29 is 9.90 Å². The van der Waals surface area contributed by atoms with E-state index in [-0.39, 0.29) is 6.04 Å². The fraction of sp³-hybridized carbons (Fsp3) is 0.588. The van der Waals surface area contributed by atoms with Crippen molar-refractivity contribution in [2.45, 2.75) is 57.5 Å². The third-order valence-corrected chi connectivity index (χ3v) is 4.83. The molecule has 0 saturated carbocycles. The van der Waals surface area contributed by atoms with Gasteiger partial charge in [-0.05, 0) is 56.8 Å². The van der Waals surface area contributed by atoms with Gasteiger partial charge in [0.1, 0.15) is 5.54 Å². The zero-order valence-electron chi connectivity index (χ0n) is 12.8. The van der Waals surface area contributed by atoms with Crippen LogP contribution in [0.5, 0.6) is 0 Å². The molecule has 2 unspecified atom stereocenters. The second kappa shape index (κ2) is 6.80. The summed E-state index contributed by atoms with van der Waals surface area (Å²) in [6, 6.07) is 8.05.